The lowest BCUT2D eigenvalue weighted by molar-refractivity contribution is 0.0450. The van der Waals surface area contributed by atoms with Crippen LogP contribution in [0.4, 0.5) is 0 Å². The second-order valence-electron chi connectivity index (χ2n) is 4.63. The summed E-state index contributed by atoms with van der Waals surface area (Å²) in [5.41, 5.74) is 1.63. The first kappa shape index (κ1) is 14.5. The van der Waals surface area contributed by atoms with Gasteiger partial charge < -0.3 is 9.47 Å². The maximum Gasteiger partial charge on any atom is 0.339 e. The maximum atomic E-state index is 11.9. The Balaban J connectivity index is 1.49. The number of esters is 1. The summed E-state index contributed by atoms with van der Waals surface area (Å²) < 4.78 is 12.2. The SMILES string of the molecule is N#Cc1ccc(OCCOC(=O)c2ccc3nncn3c2)cc1. The predicted octanol–water partition coefficient (Wildman–Crippen LogP) is 1.84. The minimum Gasteiger partial charge on any atom is -0.490 e. The Bertz CT molecular complexity index is 865. The van der Waals surface area contributed by atoms with Crippen LogP contribution in [0.3, 0.4) is 0 Å². The molecule has 0 amide bonds. The molecule has 0 N–H and O–H groups in total. The van der Waals surface area contributed by atoms with Gasteiger partial charge in [-0.05, 0) is 36.4 Å². The largest absolute Gasteiger partial charge is 0.490 e. The van der Waals surface area contributed by atoms with Crippen molar-refractivity contribution >= 4 is 11.6 Å². The van der Waals surface area contributed by atoms with Gasteiger partial charge in [0, 0.05) is 6.20 Å². The Morgan fingerprint density at radius 3 is 2.78 bits per heavy atom. The quantitative estimate of drug-likeness (QED) is 0.528. The number of aromatic nitrogens is 3. The second kappa shape index (κ2) is 6.58. The summed E-state index contributed by atoms with van der Waals surface area (Å²) in [5.74, 6) is 0.176. The lowest BCUT2D eigenvalue weighted by atomic mass is 10.2. The van der Waals surface area contributed by atoms with Crippen LogP contribution in [0.1, 0.15) is 15.9 Å². The number of pyridine rings is 1. The Labute approximate surface area is 131 Å². The van der Waals surface area contributed by atoms with Crippen molar-refractivity contribution < 1.29 is 14.3 Å². The summed E-state index contributed by atoms with van der Waals surface area (Å²) in [6, 6.07) is 12.1. The highest BCUT2D eigenvalue weighted by molar-refractivity contribution is 5.89. The van der Waals surface area contributed by atoms with Crippen LogP contribution in [-0.2, 0) is 4.74 Å². The standard InChI is InChI=1S/C16H12N4O3/c17-9-12-1-4-14(5-2-12)22-7-8-23-16(21)13-3-6-15-19-18-11-20(15)10-13/h1-6,10-11H,7-8H2. The van der Waals surface area contributed by atoms with Crippen LogP contribution in [0, 0.1) is 11.3 Å². The molecule has 0 saturated heterocycles. The number of ether oxygens (including phenoxy) is 2. The van der Waals surface area contributed by atoms with E-state index in [1.807, 2.05) is 6.07 Å². The number of fused-ring (bicyclic) bond motifs is 1. The van der Waals surface area contributed by atoms with Gasteiger partial charge >= 0.3 is 5.97 Å². The van der Waals surface area contributed by atoms with Crippen LogP contribution >= 0.6 is 0 Å². The summed E-state index contributed by atoms with van der Waals surface area (Å²) in [6.45, 7) is 0.353. The molecule has 114 valence electrons. The number of benzene rings is 1. The molecule has 2 aromatic heterocycles. The van der Waals surface area contributed by atoms with E-state index in [2.05, 4.69) is 10.2 Å². The molecule has 0 aliphatic carbocycles. The van der Waals surface area contributed by atoms with Crippen molar-refractivity contribution in [2.45, 2.75) is 0 Å². The molecule has 0 spiro atoms. The smallest absolute Gasteiger partial charge is 0.339 e. The van der Waals surface area contributed by atoms with Crippen molar-refractivity contribution in [2.75, 3.05) is 13.2 Å². The predicted molar refractivity (Wildman–Crippen MR) is 79.9 cm³/mol. The molecule has 0 unspecified atom stereocenters. The monoisotopic (exact) mass is 308 g/mol. The number of carbonyl (C=O) groups excluding carboxylic acids is 1. The third-order valence-electron chi connectivity index (χ3n) is 3.10. The maximum absolute atomic E-state index is 11.9. The minimum atomic E-state index is -0.441. The minimum absolute atomic E-state index is 0.124. The van der Waals surface area contributed by atoms with E-state index in [1.165, 1.54) is 6.33 Å². The average Bonchev–Trinajstić information content (AvgIpc) is 3.06. The molecule has 0 fully saturated rings. The van der Waals surface area contributed by atoms with Gasteiger partial charge in [-0.2, -0.15) is 5.26 Å². The Kier molecular flexibility index (Phi) is 4.16. The molecule has 0 aliphatic rings. The highest BCUT2D eigenvalue weighted by Gasteiger charge is 2.08. The number of hydrogen-bond donors (Lipinski definition) is 0. The van der Waals surface area contributed by atoms with Crippen molar-refractivity contribution in [3.8, 4) is 11.8 Å². The Morgan fingerprint density at radius 1 is 1.17 bits per heavy atom. The third-order valence-corrected chi connectivity index (χ3v) is 3.10. The summed E-state index contributed by atoms with van der Waals surface area (Å²) in [6.07, 6.45) is 3.12. The van der Waals surface area contributed by atoms with E-state index in [4.69, 9.17) is 14.7 Å². The van der Waals surface area contributed by atoms with Gasteiger partial charge in [0.05, 0.1) is 17.2 Å². The molecule has 0 aliphatic heterocycles. The molecule has 7 heteroatoms. The number of nitrogens with zero attached hydrogens (tertiary/aromatic N) is 4. The summed E-state index contributed by atoms with van der Waals surface area (Å²) in [4.78, 5) is 11.9. The fourth-order valence-corrected chi connectivity index (χ4v) is 1.95. The fourth-order valence-electron chi connectivity index (χ4n) is 1.95. The van der Waals surface area contributed by atoms with Crippen LogP contribution in [0.5, 0.6) is 5.75 Å². The van der Waals surface area contributed by atoms with Crippen LogP contribution < -0.4 is 4.74 Å². The van der Waals surface area contributed by atoms with E-state index in [1.54, 1.807) is 47.0 Å². The van der Waals surface area contributed by atoms with Gasteiger partial charge in [0.2, 0.25) is 0 Å². The molecule has 3 aromatic rings. The van der Waals surface area contributed by atoms with Gasteiger partial charge in [0.1, 0.15) is 25.3 Å². The molecule has 0 radical (unpaired) electrons. The van der Waals surface area contributed by atoms with E-state index in [0.717, 1.165) is 0 Å². The van der Waals surface area contributed by atoms with E-state index in [-0.39, 0.29) is 13.2 Å². The number of carbonyl (C=O) groups is 1. The van der Waals surface area contributed by atoms with Crippen molar-refractivity contribution in [1.82, 2.24) is 14.6 Å². The van der Waals surface area contributed by atoms with Crippen molar-refractivity contribution in [3.05, 3.63) is 60.0 Å². The zero-order valence-electron chi connectivity index (χ0n) is 12.0. The van der Waals surface area contributed by atoms with E-state index in [9.17, 15) is 4.79 Å². The van der Waals surface area contributed by atoms with Crippen LogP contribution in [0.15, 0.2) is 48.9 Å². The van der Waals surface area contributed by atoms with Crippen molar-refractivity contribution in [3.63, 3.8) is 0 Å². The van der Waals surface area contributed by atoms with Gasteiger partial charge in [0.15, 0.2) is 5.65 Å². The van der Waals surface area contributed by atoms with Crippen molar-refractivity contribution in [1.29, 1.82) is 5.26 Å². The highest BCUT2D eigenvalue weighted by atomic mass is 16.6. The topological polar surface area (TPSA) is 89.5 Å². The molecular weight excluding hydrogens is 296 g/mol. The van der Waals surface area contributed by atoms with E-state index < -0.39 is 5.97 Å². The summed E-state index contributed by atoms with van der Waals surface area (Å²) in [7, 11) is 0. The lowest BCUT2D eigenvalue weighted by Crippen LogP contribution is -2.12. The van der Waals surface area contributed by atoms with Gasteiger partial charge in [-0.15, -0.1) is 10.2 Å². The fraction of sp³-hybridized carbons (Fsp3) is 0.125. The normalized spacial score (nSPS) is 10.2. The van der Waals surface area contributed by atoms with Gasteiger partial charge in [-0.3, -0.25) is 4.40 Å². The van der Waals surface area contributed by atoms with Crippen LogP contribution in [0.25, 0.3) is 5.65 Å². The molecule has 0 bridgehead atoms. The second-order valence-corrected chi connectivity index (χ2v) is 4.63. The van der Waals surface area contributed by atoms with Crippen LogP contribution in [-0.4, -0.2) is 33.8 Å². The zero-order chi connectivity index (χ0) is 16.1. The zero-order valence-corrected chi connectivity index (χ0v) is 12.0. The first-order valence-electron chi connectivity index (χ1n) is 6.86. The molecule has 7 nitrogen and oxygen atoms in total. The molecular formula is C16H12N4O3. The third kappa shape index (κ3) is 3.44. The molecule has 2 heterocycles. The summed E-state index contributed by atoms with van der Waals surface area (Å²) >= 11 is 0. The molecule has 3 rings (SSSR count). The number of hydrogen-bond acceptors (Lipinski definition) is 6. The van der Waals surface area contributed by atoms with Gasteiger partial charge in [-0.1, -0.05) is 0 Å². The summed E-state index contributed by atoms with van der Waals surface area (Å²) in [5, 5.41) is 16.3. The van der Waals surface area contributed by atoms with E-state index in [0.29, 0.717) is 22.5 Å². The molecule has 1 aromatic carbocycles. The van der Waals surface area contributed by atoms with Crippen LogP contribution in [0.2, 0.25) is 0 Å². The average molecular weight is 308 g/mol. The van der Waals surface area contributed by atoms with E-state index >= 15 is 0 Å². The van der Waals surface area contributed by atoms with Crippen molar-refractivity contribution in [2.24, 2.45) is 0 Å². The Hall–Kier alpha value is -3.40. The molecule has 23 heavy (non-hydrogen) atoms. The number of rotatable bonds is 5. The first-order valence-corrected chi connectivity index (χ1v) is 6.86. The number of nitriles is 1. The first-order chi connectivity index (χ1) is 11.3. The Morgan fingerprint density at radius 2 is 2.00 bits per heavy atom. The molecule has 0 atom stereocenters. The molecule has 0 saturated carbocycles. The lowest BCUT2D eigenvalue weighted by Gasteiger charge is -2.07. The van der Waals surface area contributed by atoms with Gasteiger partial charge in [0.25, 0.3) is 0 Å². The highest BCUT2D eigenvalue weighted by Crippen LogP contribution is 2.11. The van der Waals surface area contributed by atoms with Gasteiger partial charge in [-0.25, -0.2) is 4.79 Å².